The quantitative estimate of drug-likeness (QED) is 0.491. The Labute approximate surface area is 68.3 Å². The predicted molar refractivity (Wildman–Crippen MR) is 48.1 cm³/mol. The molecular formula is C9H15NO. The van der Waals surface area contributed by atoms with E-state index in [1.165, 1.54) is 0 Å². The molecule has 0 aromatic heterocycles. The fraction of sp³-hybridized carbons (Fsp3) is 0.333. The van der Waals surface area contributed by atoms with Crippen molar-refractivity contribution in [3.8, 4) is 0 Å². The van der Waals surface area contributed by atoms with Crippen LogP contribution in [-0.4, -0.2) is 14.2 Å². The van der Waals surface area contributed by atoms with Crippen molar-refractivity contribution in [3.63, 3.8) is 0 Å². The molecule has 0 radical (unpaired) electrons. The van der Waals surface area contributed by atoms with Gasteiger partial charge in [0.2, 0.25) is 0 Å². The van der Waals surface area contributed by atoms with Gasteiger partial charge in [0.15, 0.2) is 0 Å². The number of nitrogens with one attached hydrogen (secondary N) is 1. The first-order valence-electron chi connectivity index (χ1n) is 3.40. The SMILES string of the molecule is C=C(C)/C=C(/NC)C(=C)OC. The highest BCUT2D eigenvalue weighted by atomic mass is 16.5. The summed E-state index contributed by atoms with van der Waals surface area (Å²) in [5, 5.41) is 2.96. The Balaban J connectivity index is 4.39. The second kappa shape index (κ2) is 4.61. The Morgan fingerprint density at radius 3 is 2.27 bits per heavy atom. The summed E-state index contributed by atoms with van der Waals surface area (Å²) in [7, 11) is 3.41. The van der Waals surface area contributed by atoms with Crippen LogP contribution >= 0.6 is 0 Å². The lowest BCUT2D eigenvalue weighted by molar-refractivity contribution is 0.299. The molecule has 0 heterocycles. The van der Waals surface area contributed by atoms with Crippen LogP contribution in [0.15, 0.2) is 36.3 Å². The van der Waals surface area contributed by atoms with E-state index in [1.807, 2.05) is 20.0 Å². The fourth-order valence-corrected chi connectivity index (χ4v) is 0.648. The highest BCUT2D eigenvalue weighted by molar-refractivity contribution is 5.28. The third-order valence-electron chi connectivity index (χ3n) is 1.21. The minimum atomic E-state index is 0.621. The summed E-state index contributed by atoms with van der Waals surface area (Å²) in [6.07, 6.45) is 1.88. The number of allylic oxidation sites excluding steroid dienone is 2. The van der Waals surface area contributed by atoms with E-state index in [2.05, 4.69) is 18.5 Å². The molecule has 0 unspecified atom stereocenters. The molecule has 0 fully saturated rings. The van der Waals surface area contributed by atoms with E-state index < -0.39 is 0 Å². The molecule has 0 aromatic carbocycles. The van der Waals surface area contributed by atoms with Crippen LogP contribution in [0, 0.1) is 0 Å². The van der Waals surface area contributed by atoms with E-state index in [9.17, 15) is 0 Å². The zero-order chi connectivity index (χ0) is 8.85. The summed E-state index contributed by atoms with van der Waals surface area (Å²) < 4.78 is 4.94. The van der Waals surface area contributed by atoms with Crippen LogP contribution in [0.3, 0.4) is 0 Å². The molecule has 0 saturated heterocycles. The molecule has 0 aliphatic carbocycles. The lowest BCUT2D eigenvalue weighted by atomic mass is 10.2. The number of hydrogen-bond acceptors (Lipinski definition) is 2. The molecule has 1 N–H and O–H groups in total. The van der Waals surface area contributed by atoms with Gasteiger partial charge in [0, 0.05) is 7.05 Å². The first-order chi connectivity index (χ1) is 5.11. The topological polar surface area (TPSA) is 21.3 Å². The van der Waals surface area contributed by atoms with Gasteiger partial charge in [-0.2, -0.15) is 0 Å². The Morgan fingerprint density at radius 2 is 2.00 bits per heavy atom. The lowest BCUT2D eigenvalue weighted by Crippen LogP contribution is -2.08. The Hall–Kier alpha value is -1.18. The normalized spacial score (nSPS) is 10.6. The Kier molecular flexibility index (Phi) is 4.11. The molecule has 0 amide bonds. The van der Waals surface area contributed by atoms with Crippen LogP contribution < -0.4 is 5.32 Å². The van der Waals surface area contributed by atoms with Gasteiger partial charge in [-0.15, -0.1) is 0 Å². The highest BCUT2D eigenvalue weighted by Crippen LogP contribution is 2.06. The standard InChI is InChI=1S/C9H15NO/c1-7(2)6-9(10-4)8(3)11-5/h6,10H,1,3H2,2,4-5H3/b9-6+. The summed E-state index contributed by atoms with van der Waals surface area (Å²) in [5.41, 5.74) is 1.83. The first kappa shape index (κ1) is 9.82. The van der Waals surface area contributed by atoms with Crippen molar-refractivity contribution >= 4 is 0 Å². The molecule has 62 valence electrons. The Bertz CT molecular complexity index is 192. The van der Waals surface area contributed by atoms with E-state index >= 15 is 0 Å². The number of hydrogen-bond donors (Lipinski definition) is 1. The van der Waals surface area contributed by atoms with Crippen molar-refractivity contribution in [1.29, 1.82) is 0 Å². The predicted octanol–water partition coefficient (Wildman–Crippen LogP) is 1.83. The van der Waals surface area contributed by atoms with Crippen LogP contribution in [0.2, 0.25) is 0 Å². The second-order valence-electron chi connectivity index (χ2n) is 2.28. The maximum atomic E-state index is 4.94. The van der Waals surface area contributed by atoms with Crippen molar-refractivity contribution in [3.05, 3.63) is 36.3 Å². The molecule has 2 nitrogen and oxygen atoms in total. The van der Waals surface area contributed by atoms with Gasteiger partial charge in [-0.1, -0.05) is 18.7 Å². The lowest BCUT2D eigenvalue weighted by Gasteiger charge is -2.08. The summed E-state index contributed by atoms with van der Waals surface area (Å²) in [6, 6.07) is 0. The molecule has 11 heavy (non-hydrogen) atoms. The molecular weight excluding hydrogens is 138 g/mol. The molecule has 0 spiro atoms. The third-order valence-corrected chi connectivity index (χ3v) is 1.21. The second-order valence-corrected chi connectivity index (χ2v) is 2.28. The van der Waals surface area contributed by atoms with E-state index in [0.717, 1.165) is 11.3 Å². The number of ether oxygens (including phenoxy) is 1. The molecule has 0 aliphatic rings. The fourth-order valence-electron chi connectivity index (χ4n) is 0.648. The third kappa shape index (κ3) is 3.50. The molecule has 0 aliphatic heterocycles. The van der Waals surface area contributed by atoms with Gasteiger partial charge in [-0.25, -0.2) is 0 Å². The maximum absolute atomic E-state index is 4.94. The van der Waals surface area contributed by atoms with Gasteiger partial charge >= 0.3 is 0 Å². The molecule has 0 bridgehead atoms. The van der Waals surface area contributed by atoms with Crippen LogP contribution in [0.1, 0.15) is 6.92 Å². The maximum Gasteiger partial charge on any atom is 0.134 e. The molecule has 0 saturated carbocycles. The summed E-state index contributed by atoms with van der Waals surface area (Å²) in [4.78, 5) is 0. The van der Waals surface area contributed by atoms with Gasteiger partial charge in [0.25, 0.3) is 0 Å². The number of likely N-dealkylation sites (N-methyl/N-ethyl adjacent to an activating group) is 1. The summed E-state index contributed by atoms with van der Waals surface area (Å²) >= 11 is 0. The van der Waals surface area contributed by atoms with Crippen LogP contribution in [0.25, 0.3) is 0 Å². The van der Waals surface area contributed by atoms with E-state index in [0.29, 0.717) is 5.76 Å². The number of methoxy groups -OCH3 is 1. The zero-order valence-corrected chi connectivity index (χ0v) is 7.40. The van der Waals surface area contributed by atoms with Gasteiger partial charge in [-0.05, 0) is 13.0 Å². The van der Waals surface area contributed by atoms with Crippen molar-refractivity contribution in [2.75, 3.05) is 14.2 Å². The van der Waals surface area contributed by atoms with Crippen molar-refractivity contribution in [2.45, 2.75) is 6.92 Å². The highest BCUT2D eigenvalue weighted by Gasteiger charge is 1.97. The molecule has 2 heteroatoms. The molecule has 0 atom stereocenters. The minimum absolute atomic E-state index is 0.621. The molecule has 0 aromatic rings. The van der Waals surface area contributed by atoms with Gasteiger partial charge in [-0.3, -0.25) is 0 Å². The number of rotatable bonds is 4. The average molecular weight is 153 g/mol. The van der Waals surface area contributed by atoms with Crippen LogP contribution in [0.4, 0.5) is 0 Å². The minimum Gasteiger partial charge on any atom is -0.495 e. The summed E-state index contributed by atoms with van der Waals surface area (Å²) in [5.74, 6) is 0.621. The van der Waals surface area contributed by atoms with Gasteiger partial charge in [0.1, 0.15) is 5.76 Å². The van der Waals surface area contributed by atoms with Gasteiger partial charge < -0.3 is 10.1 Å². The van der Waals surface area contributed by atoms with Crippen molar-refractivity contribution < 1.29 is 4.74 Å². The smallest absolute Gasteiger partial charge is 0.134 e. The van der Waals surface area contributed by atoms with Gasteiger partial charge in [0.05, 0.1) is 12.8 Å². The van der Waals surface area contributed by atoms with Crippen LogP contribution in [-0.2, 0) is 4.74 Å². The van der Waals surface area contributed by atoms with Crippen LogP contribution in [0.5, 0.6) is 0 Å². The molecule has 0 rings (SSSR count). The monoisotopic (exact) mass is 153 g/mol. The first-order valence-corrected chi connectivity index (χ1v) is 3.40. The largest absolute Gasteiger partial charge is 0.495 e. The van der Waals surface area contributed by atoms with E-state index in [4.69, 9.17) is 4.74 Å². The van der Waals surface area contributed by atoms with E-state index in [-0.39, 0.29) is 0 Å². The van der Waals surface area contributed by atoms with Crippen molar-refractivity contribution in [1.82, 2.24) is 5.32 Å². The Morgan fingerprint density at radius 1 is 1.45 bits per heavy atom. The zero-order valence-electron chi connectivity index (χ0n) is 7.40. The van der Waals surface area contributed by atoms with Crippen molar-refractivity contribution in [2.24, 2.45) is 0 Å². The average Bonchev–Trinajstić information content (AvgIpc) is 1.98. The van der Waals surface area contributed by atoms with E-state index in [1.54, 1.807) is 7.11 Å². The summed E-state index contributed by atoms with van der Waals surface area (Å²) in [6.45, 7) is 9.37.